The van der Waals surface area contributed by atoms with Crippen LogP contribution in [0.25, 0.3) is 0 Å². The molecule has 35 heavy (non-hydrogen) atoms. The Kier molecular flexibility index (Phi) is 18.5. The molecule has 0 spiro atoms. The van der Waals surface area contributed by atoms with E-state index in [-0.39, 0.29) is 18.0 Å². The van der Waals surface area contributed by atoms with Crippen LogP contribution < -0.4 is 16.8 Å². The molecule has 2 rings (SSSR count). The number of aliphatic hydroxyl groups excluding tert-OH is 1. The van der Waals surface area contributed by atoms with Gasteiger partial charge in [0.05, 0.1) is 6.10 Å². The van der Waals surface area contributed by atoms with Crippen LogP contribution >= 0.6 is 12.4 Å². The molecule has 1 aliphatic heterocycles. The highest BCUT2D eigenvalue weighted by atomic mass is 35.5. The van der Waals surface area contributed by atoms with Gasteiger partial charge in [0, 0.05) is 12.1 Å². The van der Waals surface area contributed by atoms with Gasteiger partial charge in [-0.1, -0.05) is 85.1 Å². The third-order valence-corrected chi connectivity index (χ3v) is 6.12. The Hall–Kier alpha value is -1.26. The molecule has 0 amide bonds. The maximum Gasteiger partial charge on any atom is 0.442 e. The Morgan fingerprint density at radius 3 is 1.57 bits per heavy atom. The summed E-state index contributed by atoms with van der Waals surface area (Å²) in [6, 6.07) is 5.62. The van der Waals surface area contributed by atoms with Crippen LogP contribution in [-0.2, 0) is 5.66 Å². The second kappa shape index (κ2) is 18.1. The van der Waals surface area contributed by atoms with E-state index in [2.05, 4.69) is 57.1 Å². The quantitative estimate of drug-likeness (QED) is 0.286. The van der Waals surface area contributed by atoms with Gasteiger partial charge in [0.15, 0.2) is 0 Å². The van der Waals surface area contributed by atoms with E-state index in [0.717, 1.165) is 26.1 Å². The van der Waals surface area contributed by atoms with Gasteiger partial charge >= 0.3 is 11.8 Å². The van der Waals surface area contributed by atoms with Crippen LogP contribution in [0.15, 0.2) is 34.5 Å². The number of hydrogen-bond donors (Lipinski definition) is 4. The molecule has 1 aromatic carbocycles. The Morgan fingerprint density at radius 1 is 0.857 bits per heavy atom. The number of benzene rings is 1. The second-order valence-corrected chi connectivity index (χ2v) is 9.18. The summed E-state index contributed by atoms with van der Waals surface area (Å²) in [5.41, 5.74) is 8.71. The molecule has 0 saturated carbocycles. The molecule has 0 aliphatic carbocycles. The summed E-state index contributed by atoms with van der Waals surface area (Å²) in [6.07, 6.45) is -1.82. The lowest BCUT2D eigenvalue weighted by atomic mass is 9.99. The van der Waals surface area contributed by atoms with Gasteiger partial charge in [-0.25, -0.2) is 0 Å². The maximum absolute atomic E-state index is 12.9. The summed E-state index contributed by atoms with van der Waals surface area (Å²) < 4.78 is 38.6. The van der Waals surface area contributed by atoms with Crippen molar-refractivity contribution >= 4 is 12.4 Å². The number of halogens is 4. The van der Waals surface area contributed by atoms with Crippen molar-refractivity contribution in [2.24, 2.45) is 39.4 Å². The van der Waals surface area contributed by atoms with E-state index in [1.54, 1.807) is 0 Å². The topological polar surface area (TPSA) is 109 Å². The monoisotopic (exact) mass is 525 g/mol. The summed E-state index contributed by atoms with van der Waals surface area (Å²) >= 11 is 0. The fourth-order valence-corrected chi connectivity index (χ4v) is 2.44. The molecule has 0 aromatic heterocycles. The van der Waals surface area contributed by atoms with E-state index >= 15 is 0 Å². The van der Waals surface area contributed by atoms with Crippen LogP contribution in [0.4, 0.5) is 13.2 Å². The normalized spacial score (nSPS) is 16.9. The lowest BCUT2D eigenvalue weighted by Crippen LogP contribution is -2.30. The lowest BCUT2D eigenvalue weighted by Gasteiger charge is -2.17. The number of alkyl halides is 3. The molecule has 1 heterocycles. The molecule has 0 saturated heterocycles. The van der Waals surface area contributed by atoms with Gasteiger partial charge in [-0.2, -0.15) is 13.2 Å². The third-order valence-electron chi connectivity index (χ3n) is 6.12. The zero-order valence-electron chi connectivity index (χ0n) is 22.1. The highest BCUT2D eigenvalue weighted by molar-refractivity contribution is 5.85. The van der Waals surface area contributed by atoms with Gasteiger partial charge in [0.25, 0.3) is 0 Å². The standard InChI is InChI=1S/C15H20F3N3O.2C5H13N.ClH/c1-3-10(2)8-19-9-13(22)11-4-6-12(7-5-11)14(20-21-14)15(16,17)18;2*1-3-5(2)4-6;/h4-7,10,13,19,22H,3,8-9H2,1-2H3;2*5H,3-4,6H2,1-2H3;1H. The van der Waals surface area contributed by atoms with Crippen LogP contribution in [-0.4, -0.2) is 37.5 Å². The highest BCUT2D eigenvalue weighted by Gasteiger charge is 2.65. The first kappa shape index (κ1) is 35.9. The number of aliphatic hydroxyl groups is 1. The second-order valence-electron chi connectivity index (χ2n) is 9.18. The minimum atomic E-state index is -4.52. The van der Waals surface area contributed by atoms with Crippen LogP contribution in [0.1, 0.15) is 78.0 Å². The minimum Gasteiger partial charge on any atom is -0.387 e. The molecule has 4 atom stereocenters. The van der Waals surface area contributed by atoms with Crippen molar-refractivity contribution in [3.63, 3.8) is 0 Å². The van der Waals surface area contributed by atoms with Crippen molar-refractivity contribution in [3.05, 3.63) is 35.4 Å². The summed E-state index contributed by atoms with van der Waals surface area (Å²) in [5, 5.41) is 19.5. The molecule has 10 heteroatoms. The molecule has 1 aromatic rings. The van der Waals surface area contributed by atoms with Crippen molar-refractivity contribution < 1.29 is 18.3 Å². The first-order valence-corrected chi connectivity index (χ1v) is 12.3. The summed E-state index contributed by atoms with van der Waals surface area (Å²) in [6.45, 7) is 15.6. The SMILES string of the molecule is CCC(C)CN.CCC(C)CN.CCC(C)CNCC(O)c1ccc(C2(C(F)(F)F)N=N2)cc1.Cl. The molecule has 6 nitrogen and oxygen atoms in total. The zero-order valence-corrected chi connectivity index (χ0v) is 22.9. The predicted octanol–water partition coefficient (Wildman–Crippen LogP) is 5.94. The Labute approximate surface area is 215 Å². The fourth-order valence-electron chi connectivity index (χ4n) is 2.44. The van der Waals surface area contributed by atoms with Crippen molar-refractivity contribution in [3.8, 4) is 0 Å². The molecule has 6 N–H and O–H groups in total. The van der Waals surface area contributed by atoms with E-state index in [0.29, 0.717) is 29.9 Å². The van der Waals surface area contributed by atoms with Gasteiger partial charge in [-0.05, 0) is 43.0 Å². The molecule has 0 bridgehead atoms. The van der Waals surface area contributed by atoms with Gasteiger partial charge in [-0.15, -0.1) is 22.6 Å². The molecule has 1 aliphatic rings. The van der Waals surface area contributed by atoms with Crippen molar-refractivity contribution in [1.82, 2.24) is 5.32 Å². The number of rotatable bonds is 11. The average Bonchev–Trinajstić information content (AvgIpc) is 3.66. The summed E-state index contributed by atoms with van der Waals surface area (Å²) in [5.74, 6) is 1.94. The smallest absolute Gasteiger partial charge is 0.387 e. The Morgan fingerprint density at radius 2 is 1.29 bits per heavy atom. The largest absolute Gasteiger partial charge is 0.442 e. The van der Waals surface area contributed by atoms with Gasteiger partial charge in [0.2, 0.25) is 0 Å². The average molecular weight is 526 g/mol. The summed E-state index contributed by atoms with van der Waals surface area (Å²) in [4.78, 5) is 0. The molecule has 4 unspecified atom stereocenters. The van der Waals surface area contributed by atoms with E-state index < -0.39 is 17.9 Å². The number of nitrogens with two attached hydrogens (primary N) is 2. The zero-order chi connectivity index (χ0) is 26.4. The van der Waals surface area contributed by atoms with E-state index in [4.69, 9.17) is 11.5 Å². The fraction of sp³-hybridized carbons (Fsp3) is 0.760. The summed E-state index contributed by atoms with van der Waals surface area (Å²) in [7, 11) is 0. The van der Waals surface area contributed by atoms with Crippen molar-refractivity contribution in [1.29, 1.82) is 0 Å². The van der Waals surface area contributed by atoms with Crippen LogP contribution in [0.2, 0.25) is 0 Å². The third kappa shape index (κ3) is 13.0. The van der Waals surface area contributed by atoms with E-state index in [1.807, 2.05) is 0 Å². The minimum absolute atomic E-state index is 0. The first-order chi connectivity index (χ1) is 15.9. The van der Waals surface area contributed by atoms with Gasteiger partial charge in [-0.3, -0.25) is 0 Å². The molecule has 206 valence electrons. The van der Waals surface area contributed by atoms with Crippen molar-refractivity contribution in [2.75, 3.05) is 26.2 Å². The number of nitrogens with zero attached hydrogens (tertiary/aromatic N) is 2. The first-order valence-electron chi connectivity index (χ1n) is 12.3. The highest BCUT2D eigenvalue weighted by Crippen LogP contribution is 2.52. The Bertz CT molecular complexity index is 665. The molecular weight excluding hydrogens is 479 g/mol. The van der Waals surface area contributed by atoms with E-state index in [1.165, 1.54) is 37.1 Å². The van der Waals surface area contributed by atoms with Crippen LogP contribution in [0.5, 0.6) is 0 Å². The van der Waals surface area contributed by atoms with E-state index in [9.17, 15) is 18.3 Å². The Balaban J connectivity index is 0. The molecule has 0 radical (unpaired) electrons. The molecular formula is C25H47ClF3N5O. The van der Waals surface area contributed by atoms with Crippen LogP contribution in [0, 0.1) is 17.8 Å². The van der Waals surface area contributed by atoms with Gasteiger partial charge < -0.3 is 21.9 Å². The maximum atomic E-state index is 12.9. The predicted molar refractivity (Wildman–Crippen MR) is 141 cm³/mol. The number of hydrogen-bond acceptors (Lipinski definition) is 6. The lowest BCUT2D eigenvalue weighted by molar-refractivity contribution is -0.166. The van der Waals surface area contributed by atoms with Crippen molar-refractivity contribution in [2.45, 2.75) is 78.7 Å². The molecule has 0 fully saturated rings. The van der Waals surface area contributed by atoms with Crippen LogP contribution in [0.3, 0.4) is 0 Å². The number of nitrogens with one attached hydrogen (secondary N) is 1. The van der Waals surface area contributed by atoms with Gasteiger partial charge in [0.1, 0.15) is 0 Å².